The highest BCUT2D eigenvalue weighted by Crippen LogP contribution is 2.29. The van der Waals surface area contributed by atoms with Crippen molar-refractivity contribution >= 4 is 39.9 Å². The van der Waals surface area contributed by atoms with Crippen molar-refractivity contribution < 1.29 is 9.18 Å². The summed E-state index contributed by atoms with van der Waals surface area (Å²) in [5.41, 5.74) is 0.184. The Kier molecular flexibility index (Phi) is 4.98. The van der Waals surface area contributed by atoms with E-state index in [1.807, 2.05) is 0 Å². The third-order valence-corrected chi connectivity index (χ3v) is 4.64. The molecule has 1 amide bonds. The van der Waals surface area contributed by atoms with E-state index in [-0.39, 0.29) is 21.3 Å². The highest BCUT2D eigenvalue weighted by atomic mass is 35.5. The van der Waals surface area contributed by atoms with Gasteiger partial charge in [-0.2, -0.15) is 5.10 Å². The van der Waals surface area contributed by atoms with Crippen LogP contribution in [0.5, 0.6) is 0 Å². The molecule has 0 bridgehead atoms. The number of fused-ring (bicyclic) bond motifs is 1. The van der Waals surface area contributed by atoms with E-state index in [2.05, 4.69) is 10.4 Å². The molecule has 5 nitrogen and oxygen atoms in total. The van der Waals surface area contributed by atoms with Gasteiger partial charge < -0.3 is 5.32 Å². The van der Waals surface area contributed by atoms with Crippen molar-refractivity contribution in [1.82, 2.24) is 15.1 Å². The lowest BCUT2D eigenvalue weighted by atomic mass is 10.1. The third-order valence-electron chi connectivity index (χ3n) is 4.03. The van der Waals surface area contributed by atoms with Crippen molar-refractivity contribution in [2.45, 2.75) is 13.0 Å². The van der Waals surface area contributed by atoms with Gasteiger partial charge in [-0.25, -0.2) is 9.07 Å². The molecule has 0 fully saturated rings. The predicted octanol–water partition coefficient (Wildman–Crippen LogP) is 3.87. The van der Waals surface area contributed by atoms with Gasteiger partial charge in [0.2, 0.25) is 0 Å². The molecule has 3 rings (SSSR count). The largest absolute Gasteiger partial charge is 0.344 e. The topological polar surface area (TPSA) is 64.0 Å². The van der Waals surface area contributed by atoms with E-state index >= 15 is 0 Å². The maximum absolute atomic E-state index is 13.7. The Morgan fingerprint density at radius 3 is 2.54 bits per heavy atom. The molecule has 134 valence electrons. The summed E-state index contributed by atoms with van der Waals surface area (Å²) in [6, 6.07) is 8.58. The lowest BCUT2D eigenvalue weighted by Crippen LogP contribution is -2.31. The summed E-state index contributed by atoms with van der Waals surface area (Å²) >= 11 is 11.8. The van der Waals surface area contributed by atoms with Crippen LogP contribution in [0, 0.1) is 5.82 Å². The average molecular weight is 394 g/mol. The summed E-state index contributed by atoms with van der Waals surface area (Å²) in [5.74, 6) is -1.13. The van der Waals surface area contributed by atoms with Crippen molar-refractivity contribution in [3.8, 4) is 0 Å². The van der Waals surface area contributed by atoms with Crippen molar-refractivity contribution in [2.24, 2.45) is 7.05 Å². The number of rotatable bonds is 3. The third kappa shape index (κ3) is 3.30. The summed E-state index contributed by atoms with van der Waals surface area (Å²) < 4.78 is 14.8. The molecule has 0 saturated carbocycles. The van der Waals surface area contributed by atoms with Crippen molar-refractivity contribution in [2.75, 3.05) is 0 Å². The summed E-state index contributed by atoms with van der Waals surface area (Å²) in [5, 5.41) is 7.76. The van der Waals surface area contributed by atoms with Crippen LogP contribution in [0.3, 0.4) is 0 Å². The quantitative estimate of drug-likeness (QED) is 0.686. The minimum absolute atomic E-state index is 0.0944. The molecule has 3 aromatic rings. The molecule has 1 heterocycles. The van der Waals surface area contributed by atoms with E-state index < -0.39 is 17.8 Å². The highest BCUT2D eigenvalue weighted by Gasteiger charge is 2.20. The lowest BCUT2D eigenvalue weighted by molar-refractivity contribution is 0.0934. The Hall–Kier alpha value is -2.44. The van der Waals surface area contributed by atoms with Crippen molar-refractivity contribution in [3.05, 3.63) is 73.9 Å². The molecule has 1 atom stereocenters. The smallest absolute Gasteiger partial charge is 0.274 e. The number of carbonyl (C=O) groups excluding carboxylic acids is 1. The van der Waals surface area contributed by atoms with Gasteiger partial charge in [0, 0.05) is 17.5 Å². The molecular formula is C18H14Cl2FN3O2. The number of carbonyl (C=O) groups is 1. The van der Waals surface area contributed by atoms with Gasteiger partial charge in [-0.05, 0) is 30.7 Å². The molecule has 8 heteroatoms. The number of hydrogen-bond donors (Lipinski definition) is 1. The molecule has 0 aliphatic carbocycles. The number of nitrogens with one attached hydrogen (secondary N) is 1. The molecular weight excluding hydrogens is 380 g/mol. The second kappa shape index (κ2) is 7.05. The predicted molar refractivity (Wildman–Crippen MR) is 99.3 cm³/mol. The maximum Gasteiger partial charge on any atom is 0.274 e. The van der Waals surface area contributed by atoms with Crippen LogP contribution < -0.4 is 10.9 Å². The summed E-state index contributed by atoms with van der Waals surface area (Å²) in [7, 11) is 1.47. The van der Waals surface area contributed by atoms with E-state index in [0.29, 0.717) is 16.3 Å². The molecule has 0 aliphatic rings. The number of amides is 1. The number of nitrogens with zero attached hydrogens (tertiary/aromatic N) is 2. The molecule has 1 N–H and O–H groups in total. The van der Waals surface area contributed by atoms with E-state index in [0.717, 1.165) is 4.68 Å². The van der Waals surface area contributed by atoms with Crippen LogP contribution in [0.2, 0.25) is 10.0 Å². The minimum Gasteiger partial charge on any atom is -0.344 e. The van der Waals surface area contributed by atoms with Gasteiger partial charge in [-0.3, -0.25) is 9.59 Å². The molecule has 1 aromatic heterocycles. The van der Waals surface area contributed by atoms with Crippen molar-refractivity contribution in [1.29, 1.82) is 0 Å². The average Bonchev–Trinajstić information content (AvgIpc) is 2.61. The van der Waals surface area contributed by atoms with E-state index in [9.17, 15) is 14.0 Å². The standard InChI is InChI=1S/C18H14Cl2FN3O2/c1-9(12-7-15(21)14(20)8-13(12)19)22-17(25)16-10-5-3-4-6-11(10)18(26)24(2)23-16/h3-9H,1-2H3,(H,22,25)/t9-/m1/s1. The van der Waals surface area contributed by atoms with Crippen LogP contribution >= 0.6 is 23.2 Å². The van der Waals surface area contributed by atoms with Crippen molar-refractivity contribution in [3.63, 3.8) is 0 Å². The Morgan fingerprint density at radius 2 is 1.85 bits per heavy atom. The van der Waals surface area contributed by atoms with Crippen LogP contribution in [0.4, 0.5) is 4.39 Å². The second-order valence-corrected chi connectivity index (χ2v) is 6.62. The Bertz CT molecular complexity index is 1080. The summed E-state index contributed by atoms with van der Waals surface area (Å²) in [6.45, 7) is 1.66. The van der Waals surface area contributed by atoms with Gasteiger partial charge in [0.1, 0.15) is 5.82 Å². The molecule has 2 aromatic carbocycles. The molecule has 0 aliphatic heterocycles. The molecule has 0 radical (unpaired) electrons. The Labute approximate surface area is 158 Å². The van der Waals surface area contributed by atoms with Crippen LogP contribution in [-0.4, -0.2) is 15.7 Å². The fourth-order valence-corrected chi connectivity index (χ4v) is 3.23. The highest BCUT2D eigenvalue weighted by molar-refractivity contribution is 6.35. The zero-order valence-corrected chi connectivity index (χ0v) is 15.4. The number of aryl methyl sites for hydroxylation is 1. The van der Waals surface area contributed by atoms with Crippen LogP contribution in [-0.2, 0) is 7.05 Å². The summed E-state index contributed by atoms with van der Waals surface area (Å²) in [6.07, 6.45) is 0. The Balaban J connectivity index is 1.99. The van der Waals surface area contributed by atoms with Gasteiger partial charge in [0.15, 0.2) is 5.69 Å². The van der Waals surface area contributed by atoms with E-state index in [1.54, 1.807) is 31.2 Å². The van der Waals surface area contributed by atoms with Gasteiger partial charge in [0.25, 0.3) is 11.5 Å². The molecule has 0 spiro atoms. The minimum atomic E-state index is -0.627. The zero-order valence-electron chi connectivity index (χ0n) is 13.9. The van der Waals surface area contributed by atoms with Crippen LogP contribution in [0.15, 0.2) is 41.2 Å². The monoisotopic (exact) mass is 393 g/mol. The first-order valence-electron chi connectivity index (χ1n) is 7.71. The van der Waals surface area contributed by atoms with E-state index in [4.69, 9.17) is 23.2 Å². The zero-order chi connectivity index (χ0) is 19.0. The number of halogens is 3. The first-order chi connectivity index (χ1) is 12.3. The SMILES string of the molecule is C[C@@H](NC(=O)c1nn(C)c(=O)c2ccccc12)c1cc(F)c(Cl)cc1Cl. The molecule has 26 heavy (non-hydrogen) atoms. The number of aromatic nitrogens is 2. The fourth-order valence-electron chi connectivity index (χ4n) is 2.68. The number of benzene rings is 2. The van der Waals surface area contributed by atoms with Crippen LogP contribution in [0.25, 0.3) is 10.8 Å². The normalized spacial score (nSPS) is 12.2. The van der Waals surface area contributed by atoms with Gasteiger partial charge in [0.05, 0.1) is 16.5 Å². The maximum atomic E-state index is 13.7. The van der Waals surface area contributed by atoms with E-state index in [1.165, 1.54) is 19.2 Å². The molecule has 0 unspecified atom stereocenters. The van der Waals surface area contributed by atoms with Gasteiger partial charge in [-0.15, -0.1) is 0 Å². The van der Waals surface area contributed by atoms with Gasteiger partial charge in [-0.1, -0.05) is 41.4 Å². The van der Waals surface area contributed by atoms with Gasteiger partial charge >= 0.3 is 0 Å². The fraction of sp³-hybridized carbons (Fsp3) is 0.167. The molecule has 0 saturated heterocycles. The first kappa shape index (κ1) is 18.4. The lowest BCUT2D eigenvalue weighted by Gasteiger charge is -2.17. The van der Waals surface area contributed by atoms with Crippen LogP contribution in [0.1, 0.15) is 29.0 Å². The Morgan fingerprint density at radius 1 is 1.19 bits per heavy atom. The summed E-state index contributed by atoms with van der Waals surface area (Å²) in [4.78, 5) is 24.9. The number of hydrogen-bond acceptors (Lipinski definition) is 3. The first-order valence-corrected chi connectivity index (χ1v) is 8.46. The second-order valence-electron chi connectivity index (χ2n) is 5.81.